The van der Waals surface area contributed by atoms with Crippen molar-refractivity contribution >= 4 is 0 Å². The maximum absolute atomic E-state index is 9.44. The molecule has 0 fully saturated rings. The fraction of sp³-hybridized carbons (Fsp3) is 0.538. The van der Waals surface area contributed by atoms with Gasteiger partial charge in [0, 0.05) is 0 Å². The number of benzene rings is 1. The molecule has 1 rings (SSSR count). The van der Waals surface area contributed by atoms with Crippen molar-refractivity contribution in [1.82, 2.24) is 5.32 Å². The zero-order valence-corrected chi connectivity index (χ0v) is 9.91. The average molecular weight is 223 g/mol. The van der Waals surface area contributed by atoms with Crippen molar-refractivity contribution in [2.45, 2.75) is 26.2 Å². The second kappa shape index (κ2) is 7.99. The highest BCUT2D eigenvalue weighted by molar-refractivity contribution is 5.37. The lowest BCUT2D eigenvalue weighted by molar-refractivity contribution is 0.292. The number of hydrogen-bond donors (Lipinski definition) is 2. The predicted octanol–water partition coefficient (Wildman–Crippen LogP) is 2.55. The summed E-state index contributed by atoms with van der Waals surface area (Å²) in [5.74, 6) is 0.775. The van der Waals surface area contributed by atoms with E-state index in [2.05, 4.69) is 12.2 Å². The van der Waals surface area contributed by atoms with E-state index >= 15 is 0 Å². The number of hydrogen-bond acceptors (Lipinski definition) is 3. The number of phenolic OH excluding ortho intramolecular Hbond substituents is 1. The van der Waals surface area contributed by atoms with Gasteiger partial charge in [-0.3, -0.25) is 0 Å². The van der Waals surface area contributed by atoms with Gasteiger partial charge in [0.25, 0.3) is 0 Å². The molecule has 0 aliphatic rings. The van der Waals surface area contributed by atoms with E-state index in [1.165, 1.54) is 12.8 Å². The van der Waals surface area contributed by atoms with Gasteiger partial charge in [0.2, 0.25) is 0 Å². The summed E-state index contributed by atoms with van der Waals surface area (Å²) in [6, 6.07) is 7.05. The largest absolute Gasteiger partial charge is 0.504 e. The second-order valence-corrected chi connectivity index (χ2v) is 3.77. The average Bonchev–Trinajstić information content (AvgIpc) is 2.30. The number of nitrogens with one attached hydrogen (secondary N) is 1. The fourth-order valence-corrected chi connectivity index (χ4v) is 1.39. The van der Waals surface area contributed by atoms with Gasteiger partial charge in [-0.1, -0.05) is 25.5 Å². The first-order chi connectivity index (χ1) is 7.84. The molecule has 16 heavy (non-hydrogen) atoms. The van der Waals surface area contributed by atoms with E-state index < -0.39 is 0 Å². The first-order valence-electron chi connectivity index (χ1n) is 5.96. The molecule has 0 bridgehead atoms. The molecule has 0 aliphatic heterocycles. The Bertz CT molecular complexity index is 289. The molecular weight excluding hydrogens is 202 g/mol. The lowest BCUT2D eigenvalue weighted by Gasteiger charge is -2.08. The summed E-state index contributed by atoms with van der Waals surface area (Å²) in [6.45, 7) is 4.86. The lowest BCUT2D eigenvalue weighted by Crippen LogP contribution is -2.18. The number of ether oxygens (including phenoxy) is 1. The molecule has 1 aromatic carbocycles. The van der Waals surface area contributed by atoms with Gasteiger partial charge in [0.15, 0.2) is 11.5 Å². The van der Waals surface area contributed by atoms with Crippen molar-refractivity contribution in [1.29, 1.82) is 0 Å². The van der Waals surface area contributed by atoms with Crippen LogP contribution in [0.15, 0.2) is 24.3 Å². The molecule has 0 radical (unpaired) electrons. The van der Waals surface area contributed by atoms with Crippen molar-refractivity contribution < 1.29 is 9.84 Å². The SMILES string of the molecule is CCCCNCCCOc1ccccc1O. The van der Waals surface area contributed by atoms with Gasteiger partial charge in [-0.15, -0.1) is 0 Å². The monoisotopic (exact) mass is 223 g/mol. The molecule has 2 N–H and O–H groups in total. The van der Waals surface area contributed by atoms with E-state index in [9.17, 15) is 5.11 Å². The highest BCUT2D eigenvalue weighted by Gasteiger charge is 1.98. The summed E-state index contributed by atoms with van der Waals surface area (Å²) < 4.78 is 5.45. The highest BCUT2D eigenvalue weighted by atomic mass is 16.5. The number of rotatable bonds is 8. The Morgan fingerprint density at radius 3 is 2.69 bits per heavy atom. The fourth-order valence-electron chi connectivity index (χ4n) is 1.39. The minimum Gasteiger partial charge on any atom is -0.504 e. The van der Waals surface area contributed by atoms with Crippen LogP contribution in [0.1, 0.15) is 26.2 Å². The van der Waals surface area contributed by atoms with Crippen LogP contribution in [0, 0.1) is 0 Å². The Morgan fingerprint density at radius 1 is 1.19 bits per heavy atom. The summed E-state index contributed by atoms with van der Waals surface area (Å²) in [5.41, 5.74) is 0. The van der Waals surface area contributed by atoms with E-state index in [4.69, 9.17) is 4.74 Å². The molecule has 0 unspecified atom stereocenters. The predicted molar refractivity (Wildman–Crippen MR) is 66.0 cm³/mol. The van der Waals surface area contributed by atoms with E-state index in [1.807, 2.05) is 6.07 Å². The van der Waals surface area contributed by atoms with Crippen LogP contribution >= 0.6 is 0 Å². The normalized spacial score (nSPS) is 10.3. The van der Waals surface area contributed by atoms with Crippen LogP contribution in [0.3, 0.4) is 0 Å². The molecule has 0 heterocycles. The number of aromatic hydroxyl groups is 1. The van der Waals surface area contributed by atoms with Crippen LogP contribution in [-0.2, 0) is 0 Å². The highest BCUT2D eigenvalue weighted by Crippen LogP contribution is 2.24. The third-order valence-corrected chi connectivity index (χ3v) is 2.33. The van der Waals surface area contributed by atoms with Gasteiger partial charge in [-0.2, -0.15) is 0 Å². The Kier molecular flexibility index (Phi) is 6.42. The molecule has 0 saturated carbocycles. The number of para-hydroxylation sites is 2. The topological polar surface area (TPSA) is 41.5 Å². The molecular formula is C13H21NO2. The summed E-state index contributed by atoms with van der Waals surface area (Å²) in [5, 5.41) is 12.8. The van der Waals surface area contributed by atoms with Crippen LogP contribution < -0.4 is 10.1 Å². The first-order valence-corrected chi connectivity index (χ1v) is 5.96. The van der Waals surface area contributed by atoms with Crippen LogP contribution in [0.5, 0.6) is 11.5 Å². The lowest BCUT2D eigenvalue weighted by atomic mass is 10.3. The zero-order valence-electron chi connectivity index (χ0n) is 9.91. The molecule has 0 aliphatic carbocycles. The molecule has 90 valence electrons. The van der Waals surface area contributed by atoms with Crippen LogP contribution in [0.2, 0.25) is 0 Å². The summed E-state index contributed by atoms with van der Waals surface area (Å²) in [6.07, 6.45) is 3.40. The Balaban J connectivity index is 2.05. The van der Waals surface area contributed by atoms with Gasteiger partial charge >= 0.3 is 0 Å². The zero-order chi connectivity index (χ0) is 11.6. The van der Waals surface area contributed by atoms with E-state index in [0.29, 0.717) is 12.4 Å². The molecule has 0 saturated heterocycles. The summed E-state index contributed by atoms with van der Waals surface area (Å²) in [7, 11) is 0. The second-order valence-electron chi connectivity index (χ2n) is 3.77. The van der Waals surface area contributed by atoms with Gasteiger partial charge < -0.3 is 15.2 Å². The van der Waals surface area contributed by atoms with Crippen molar-refractivity contribution in [3.63, 3.8) is 0 Å². The maximum Gasteiger partial charge on any atom is 0.160 e. The molecule has 3 heteroatoms. The van der Waals surface area contributed by atoms with Crippen molar-refractivity contribution in [3.8, 4) is 11.5 Å². The van der Waals surface area contributed by atoms with E-state index in [-0.39, 0.29) is 5.75 Å². The molecule has 0 amide bonds. The quantitative estimate of drug-likeness (QED) is 0.665. The third kappa shape index (κ3) is 5.03. The van der Waals surface area contributed by atoms with Crippen molar-refractivity contribution in [2.24, 2.45) is 0 Å². The Morgan fingerprint density at radius 2 is 1.94 bits per heavy atom. The van der Waals surface area contributed by atoms with Crippen LogP contribution in [-0.4, -0.2) is 24.8 Å². The Labute approximate surface area is 97.4 Å². The minimum absolute atomic E-state index is 0.210. The van der Waals surface area contributed by atoms with E-state index in [0.717, 1.165) is 19.5 Å². The smallest absolute Gasteiger partial charge is 0.160 e. The van der Waals surface area contributed by atoms with Crippen LogP contribution in [0.25, 0.3) is 0 Å². The van der Waals surface area contributed by atoms with E-state index in [1.54, 1.807) is 18.2 Å². The molecule has 1 aromatic rings. The molecule has 0 spiro atoms. The van der Waals surface area contributed by atoms with Crippen LogP contribution in [0.4, 0.5) is 0 Å². The molecule has 0 atom stereocenters. The van der Waals surface area contributed by atoms with Gasteiger partial charge in [-0.25, -0.2) is 0 Å². The number of phenols is 1. The standard InChI is InChI=1S/C13H21NO2/c1-2-3-9-14-10-6-11-16-13-8-5-4-7-12(13)15/h4-5,7-8,14-15H,2-3,6,9-11H2,1H3. The van der Waals surface area contributed by atoms with Crippen molar-refractivity contribution in [3.05, 3.63) is 24.3 Å². The van der Waals surface area contributed by atoms with Gasteiger partial charge in [0.05, 0.1) is 6.61 Å². The summed E-state index contributed by atoms with van der Waals surface area (Å²) in [4.78, 5) is 0. The first kappa shape index (κ1) is 12.8. The minimum atomic E-state index is 0.210. The maximum atomic E-state index is 9.44. The molecule has 3 nitrogen and oxygen atoms in total. The summed E-state index contributed by atoms with van der Waals surface area (Å²) >= 11 is 0. The van der Waals surface area contributed by atoms with Gasteiger partial charge in [0.1, 0.15) is 0 Å². The molecule has 0 aromatic heterocycles. The van der Waals surface area contributed by atoms with Crippen molar-refractivity contribution in [2.75, 3.05) is 19.7 Å². The third-order valence-electron chi connectivity index (χ3n) is 2.33. The number of unbranched alkanes of at least 4 members (excludes halogenated alkanes) is 1. The Hall–Kier alpha value is -1.22. The van der Waals surface area contributed by atoms with Gasteiger partial charge in [-0.05, 0) is 38.1 Å².